The van der Waals surface area contributed by atoms with Crippen LogP contribution in [0.25, 0.3) is 16.9 Å². The van der Waals surface area contributed by atoms with Crippen LogP contribution in [0.4, 0.5) is 26.3 Å². The van der Waals surface area contributed by atoms with Crippen molar-refractivity contribution in [1.82, 2.24) is 14.6 Å². The molecule has 4 rings (SSSR count). The first kappa shape index (κ1) is 25.0. The SMILES string of the molecule is COc1ccccc1-c1cc(C(F)(F)F)n2ncc(C(=O)O[C@H](C)c3ccccc3C(F)(F)F)c2n1. The predicted molar refractivity (Wildman–Crippen MR) is 115 cm³/mol. The first-order valence-electron chi connectivity index (χ1n) is 10.4. The van der Waals surface area contributed by atoms with Gasteiger partial charge in [0.15, 0.2) is 11.3 Å². The van der Waals surface area contributed by atoms with Gasteiger partial charge in [0.2, 0.25) is 0 Å². The molecule has 188 valence electrons. The van der Waals surface area contributed by atoms with Crippen LogP contribution in [0.3, 0.4) is 0 Å². The molecular formula is C24H17F6N3O3. The van der Waals surface area contributed by atoms with E-state index in [-0.39, 0.29) is 22.6 Å². The molecule has 2 aromatic carbocycles. The van der Waals surface area contributed by atoms with E-state index in [4.69, 9.17) is 9.47 Å². The van der Waals surface area contributed by atoms with Gasteiger partial charge in [0.05, 0.1) is 24.6 Å². The summed E-state index contributed by atoms with van der Waals surface area (Å²) in [6.45, 7) is 1.23. The molecule has 0 aliphatic carbocycles. The maximum absolute atomic E-state index is 13.9. The third-order valence-corrected chi connectivity index (χ3v) is 5.35. The summed E-state index contributed by atoms with van der Waals surface area (Å²) in [5, 5.41) is 3.64. The zero-order chi connectivity index (χ0) is 26.3. The second-order valence-electron chi connectivity index (χ2n) is 7.65. The molecule has 2 aromatic heterocycles. The maximum atomic E-state index is 13.9. The third-order valence-electron chi connectivity index (χ3n) is 5.35. The van der Waals surface area contributed by atoms with Gasteiger partial charge in [-0.2, -0.15) is 31.4 Å². The molecule has 0 radical (unpaired) electrons. The number of fused-ring (bicyclic) bond motifs is 1. The molecule has 0 aliphatic rings. The first-order valence-corrected chi connectivity index (χ1v) is 10.4. The summed E-state index contributed by atoms with van der Waals surface area (Å²) in [6, 6.07) is 11.5. The molecule has 0 saturated carbocycles. The van der Waals surface area contributed by atoms with E-state index in [0.717, 1.165) is 24.4 Å². The number of benzene rings is 2. The van der Waals surface area contributed by atoms with E-state index in [1.165, 1.54) is 38.3 Å². The lowest BCUT2D eigenvalue weighted by Gasteiger charge is -2.18. The number of rotatable bonds is 5. The van der Waals surface area contributed by atoms with Crippen molar-refractivity contribution in [3.63, 3.8) is 0 Å². The Bertz CT molecular complexity index is 1430. The molecule has 0 saturated heterocycles. The monoisotopic (exact) mass is 509 g/mol. The van der Waals surface area contributed by atoms with E-state index in [1.54, 1.807) is 12.1 Å². The number of methoxy groups -OCH3 is 1. The lowest BCUT2D eigenvalue weighted by molar-refractivity contribution is -0.142. The molecule has 6 nitrogen and oxygen atoms in total. The molecule has 0 fully saturated rings. The van der Waals surface area contributed by atoms with Crippen molar-refractivity contribution < 1.29 is 40.6 Å². The minimum absolute atomic E-state index is 0.155. The van der Waals surface area contributed by atoms with Gasteiger partial charge in [-0.25, -0.2) is 14.3 Å². The van der Waals surface area contributed by atoms with Crippen LogP contribution in [0.1, 0.15) is 40.2 Å². The highest BCUT2D eigenvalue weighted by Crippen LogP contribution is 2.37. The van der Waals surface area contributed by atoms with E-state index in [1.807, 2.05) is 0 Å². The van der Waals surface area contributed by atoms with Gasteiger partial charge in [-0.05, 0) is 31.2 Å². The molecule has 0 bridgehead atoms. The van der Waals surface area contributed by atoms with Crippen LogP contribution in [0.2, 0.25) is 0 Å². The number of alkyl halides is 6. The van der Waals surface area contributed by atoms with Crippen LogP contribution in [-0.2, 0) is 17.1 Å². The Morgan fingerprint density at radius 3 is 2.31 bits per heavy atom. The van der Waals surface area contributed by atoms with E-state index in [0.29, 0.717) is 4.52 Å². The number of ether oxygens (including phenoxy) is 2. The summed E-state index contributed by atoms with van der Waals surface area (Å²) < 4.78 is 92.5. The number of aromatic nitrogens is 3. The van der Waals surface area contributed by atoms with E-state index in [9.17, 15) is 31.1 Å². The number of hydrogen-bond acceptors (Lipinski definition) is 5. The van der Waals surface area contributed by atoms with Gasteiger partial charge < -0.3 is 9.47 Å². The minimum Gasteiger partial charge on any atom is -0.496 e. The topological polar surface area (TPSA) is 65.7 Å². The fourth-order valence-electron chi connectivity index (χ4n) is 3.70. The summed E-state index contributed by atoms with van der Waals surface area (Å²) in [7, 11) is 1.34. The van der Waals surface area contributed by atoms with Gasteiger partial charge in [0.25, 0.3) is 0 Å². The lowest BCUT2D eigenvalue weighted by Crippen LogP contribution is -2.16. The number of para-hydroxylation sites is 1. The van der Waals surface area contributed by atoms with Crippen molar-refractivity contribution in [3.8, 4) is 17.0 Å². The number of esters is 1. The van der Waals surface area contributed by atoms with Gasteiger partial charge in [-0.1, -0.05) is 30.3 Å². The van der Waals surface area contributed by atoms with Gasteiger partial charge in [-0.15, -0.1) is 0 Å². The molecule has 4 aromatic rings. The Labute approximate surface area is 200 Å². The molecule has 0 unspecified atom stereocenters. The molecule has 0 aliphatic heterocycles. The highest BCUT2D eigenvalue weighted by atomic mass is 19.4. The third kappa shape index (κ3) is 4.70. The second kappa shape index (κ2) is 9.17. The number of nitrogens with zero attached hydrogens (tertiary/aromatic N) is 3. The molecule has 0 N–H and O–H groups in total. The largest absolute Gasteiger partial charge is 0.496 e. The number of carbonyl (C=O) groups excluding carboxylic acids is 1. The molecule has 12 heteroatoms. The van der Waals surface area contributed by atoms with Crippen LogP contribution in [0.5, 0.6) is 5.75 Å². The quantitative estimate of drug-likeness (QED) is 0.231. The Kier molecular flexibility index (Phi) is 6.37. The maximum Gasteiger partial charge on any atom is 0.433 e. The summed E-state index contributed by atoms with van der Waals surface area (Å²) >= 11 is 0. The van der Waals surface area contributed by atoms with E-state index < -0.39 is 46.9 Å². The minimum atomic E-state index is -4.87. The summed E-state index contributed by atoms with van der Waals surface area (Å²) in [6.07, 6.45) is -10.1. The highest BCUT2D eigenvalue weighted by Gasteiger charge is 2.37. The molecule has 2 heterocycles. The molecular weight excluding hydrogens is 492 g/mol. The average Bonchev–Trinajstić information content (AvgIpc) is 3.26. The summed E-state index contributed by atoms with van der Waals surface area (Å²) in [4.78, 5) is 17.1. The number of halogens is 6. The Morgan fingerprint density at radius 2 is 1.64 bits per heavy atom. The fourth-order valence-corrected chi connectivity index (χ4v) is 3.70. The first-order chi connectivity index (χ1) is 16.9. The van der Waals surface area contributed by atoms with Crippen LogP contribution in [0.15, 0.2) is 60.8 Å². The van der Waals surface area contributed by atoms with Crippen molar-refractivity contribution in [2.45, 2.75) is 25.4 Å². The van der Waals surface area contributed by atoms with E-state index in [2.05, 4.69) is 10.1 Å². The predicted octanol–water partition coefficient (Wildman–Crippen LogP) is 6.36. The van der Waals surface area contributed by atoms with Gasteiger partial charge in [0.1, 0.15) is 17.4 Å². The molecule has 0 amide bonds. The van der Waals surface area contributed by atoms with Crippen molar-refractivity contribution in [2.75, 3.05) is 7.11 Å². The second-order valence-corrected chi connectivity index (χ2v) is 7.65. The van der Waals surface area contributed by atoms with Crippen LogP contribution >= 0.6 is 0 Å². The molecule has 0 spiro atoms. The van der Waals surface area contributed by atoms with Crippen molar-refractivity contribution in [1.29, 1.82) is 0 Å². The van der Waals surface area contributed by atoms with Gasteiger partial charge in [-0.3, -0.25) is 0 Å². The zero-order valence-electron chi connectivity index (χ0n) is 18.7. The Balaban J connectivity index is 1.80. The molecule has 1 atom stereocenters. The lowest BCUT2D eigenvalue weighted by atomic mass is 10.0. The van der Waals surface area contributed by atoms with Crippen molar-refractivity contribution in [2.24, 2.45) is 0 Å². The van der Waals surface area contributed by atoms with Crippen molar-refractivity contribution in [3.05, 3.63) is 83.2 Å². The normalized spacial score (nSPS) is 13.0. The highest BCUT2D eigenvalue weighted by molar-refractivity contribution is 5.96. The Hall–Kier alpha value is -4.09. The fraction of sp³-hybridized carbons (Fsp3) is 0.208. The number of carbonyl (C=O) groups is 1. The van der Waals surface area contributed by atoms with Crippen LogP contribution in [0, 0.1) is 0 Å². The van der Waals surface area contributed by atoms with Gasteiger partial charge >= 0.3 is 18.3 Å². The van der Waals surface area contributed by atoms with E-state index >= 15 is 0 Å². The number of hydrogen-bond donors (Lipinski definition) is 0. The van der Waals surface area contributed by atoms with Crippen LogP contribution < -0.4 is 4.74 Å². The summed E-state index contributed by atoms with van der Waals surface area (Å²) in [5.74, 6) is -0.948. The van der Waals surface area contributed by atoms with Crippen molar-refractivity contribution >= 4 is 11.6 Å². The zero-order valence-corrected chi connectivity index (χ0v) is 18.7. The standard InChI is InChI=1S/C24H17F6N3O3/c1-13(14-7-3-5-9-17(14)23(25,26)27)36-22(34)16-12-31-33-20(24(28,29)30)11-18(32-21(16)33)15-8-4-6-10-19(15)35-2/h3-13H,1-2H3/t13-/m1/s1. The van der Waals surface area contributed by atoms with Crippen LogP contribution in [-0.4, -0.2) is 27.7 Å². The molecule has 36 heavy (non-hydrogen) atoms. The average molecular weight is 509 g/mol. The summed E-state index contributed by atoms with van der Waals surface area (Å²) in [5.41, 5.74) is -3.39. The Morgan fingerprint density at radius 1 is 0.972 bits per heavy atom. The smallest absolute Gasteiger partial charge is 0.433 e. The van der Waals surface area contributed by atoms with Gasteiger partial charge in [0, 0.05) is 11.1 Å².